The summed E-state index contributed by atoms with van der Waals surface area (Å²) in [6.45, 7) is 1.13. The zero-order valence-electron chi connectivity index (χ0n) is 19.3. The van der Waals surface area contributed by atoms with E-state index in [1.807, 2.05) is 37.3 Å². The monoisotopic (exact) mass is 462 g/mol. The summed E-state index contributed by atoms with van der Waals surface area (Å²) in [7, 11) is 3.76. The Morgan fingerprint density at radius 3 is 2.50 bits per heavy atom. The fraction of sp³-hybridized carbons (Fsp3) is 0.435. The summed E-state index contributed by atoms with van der Waals surface area (Å²) in [4.78, 5) is 30.7. The molecule has 0 radical (unpaired) electrons. The van der Waals surface area contributed by atoms with Crippen LogP contribution in [0.5, 0.6) is 0 Å². The van der Waals surface area contributed by atoms with Crippen molar-refractivity contribution in [1.82, 2.24) is 24.2 Å². The van der Waals surface area contributed by atoms with Crippen molar-refractivity contribution in [3.63, 3.8) is 0 Å². The molecule has 0 saturated carbocycles. The van der Waals surface area contributed by atoms with Gasteiger partial charge < -0.3 is 15.1 Å². The Balaban J connectivity index is 1.60. The van der Waals surface area contributed by atoms with E-state index in [9.17, 15) is 20.0 Å². The molecule has 0 atom stereocenters. The predicted molar refractivity (Wildman–Crippen MR) is 127 cm³/mol. The lowest BCUT2D eigenvalue weighted by Gasteiger charge is -2.36. The normalized spacial score (nSPS) is 15.8. The lowest BCUT2D eigenvalue weighted by molar-refractivity contribution is -0.134. The molecule has 2 N–H and O–H groups in total. The number of fused-ring (bicyclic) bond motifs is 1. The Morgan fingerprint density at radius 2 is 1.88 bits per heavy atom. The summed E-state index contributed by atoms with van der Waals surface area (Å²) in [5.74, 6) is 1.04. The van der Waals surface area contributed by atoms with Crippen molar-refractivity contribution in [2.75, 3.05) is 20.1 Å². The number of aryl methyl sites for hydroxylation is 1. The Bertz CT molecular complexity index is 1300. The second-order valence-corrected chi connectivity index (χ2v) is 9.20. The Kier molecular flexibility index (Phi) is 6.55. The average molecular weight is 462 g/mol. The highest BCUT2D eigenvalue weighted by Crippen LogP contribution is 2.27. The first-order valence-electron chi connectivity index (χ1n) is 11.2. The maximum Gasteiger partial charge on any atom is 0.297 e. The number of aliphatic hydroxyl groups is 1. The minimum Gasteiger partial charge on any atom is -0.482 e. The van der Waals surface area contributed by atoms with Gasteiger partial charge in [0.05, 0.1) is 24.2 Å². The summed E-state index contributed by atoms with van der Waals surface area (Å²) in [6, 6.07) is 7.40. The Hall–Kier alpha value is -3.49. The van der Waals surface area contributed by atoms with Gasteiger partial charge in [0.1, 0.15) is 5.52 Å². The van der Waals surface area contributed by atoms with E-state index in [-0.39, 0.29) is 23.9 Å². The molecule has 2 aromatic heterocycles. The first-order chi connectivity index (χ1) is 16.2. The van der Waals surface area contributed by atoms with E-state index >= 15 is 0 Å². The van der Waals surface area contributed by atoms with Crippen LogP contribution in [0.4, 0.5) is 0 Å². The number of carbonyl (C=O) groups is 1. The zero-order chi connectivity index (χ0) is 24.5. The van der Waals surface area contributed by atoms with E-state index in [4.69, 9.17) is 5.11 Å². The van der Waals surface area contributed by atoms with Crippen LogP contribution in [-0.4, -0.2) is 72.9 Å². The molecule has 10 nitrogen and oxygen atoms in total. The minimum absolute atomic E-state index is 0.180. The summed E-state index contributed by atoms with van der Waals surface area (Å²) >= 11 is 0. The van der Waals surface area contributed by atoms with Crippen molar-refractivity contribution < 1.29 is 15.0 Å². The number of nitrogens with zero attached hydrogens (tertiary/aromatic N) is 6. The molecule has 1 aromatic carbocycles. The number of benzene rings is 1. The van der Waals surface area contributed by atoms with Gasteiger partial charge in [0.2, 0.25) is 0 Å². The summed E-state index contributed by atoms with van der Waals surface area (Å²) in [5, 5.41) is 33.5. The van der Waals surface area contributed by atoms with Gasteiger partial charge in [0.25, 0.3) is 18.2 Å². The molecule has 1 fully saturated rings. The SMILES string of the molecule is CN1CCC(O)(Cn2cnc3c(-c4ccc(CB(C#N)CC(=O)O)cc4)n(C)nc3c2=O)CC1. The van der Waals surface area contributed by atoms with Crippen LogP contribution in [0, 0.1) is 11.2 Å². The van der Waals surface area contributed by atoms with Crippen LogP contribution in [-0.2, 0) is 24.7 Å². The van der Waals surface area contributed by atoms with Crippen LogP contribution in [0.1, 0.15) is 18.4 Å². The molecule has 1 saturated heterocycles. The van der Waals surface area contributed by atoms with Gasteiger partial charge in [-0.05, 0) is 26.2 Å². The second kappa shape index (κ2) is 9.40. The molecule has 4 rings (SSSR count). The molecule has 3 heterocycles. The van der Waals surface area contributed by atoms with E-state index in [1.165, 1.54) is 10.9 Å². The van der Waals surface area contributed by atoms with Crippen LogP contribution >= 0.6 is 0 Å². The number of nitriles is 1. The van der Waals surface area contributed by atoms with Gasteiger partial charge in [0.15, 0.2) is 5.52 Å². The van der Waals surface area contributed by atoms with E-state index < -0.39 is 18.3 Å². The van der Waals surface area contributed by atoms with Crippen molar-refractivity contribution in [2.24, 2.45) is 7.05 Å². The molecular weight excluding hydrogens is 435 g/mol. The highest BCUT2D eigenvalue weighted by Gasteiger charge is 2.32. The first-order valence-corrected chi connectivity index (χ1v) is 11.2. The first kappa shape index (κ1) is 23.7. The molecule has 176 valence electrons. The van der Waals surface area contributed by atoms with Gasteiger partial charge in [-0.15, -0.1) is 0 Å². The average Bonchev–Trinajstić information content (AvgIpc) is 3.14. The minimum atomic E-state index is -0.996. The van der Waals surface area contributed by atoms with Gasteiger partial charge in [-0.1, -0.05) is 29.8 Å². The molecule has 0 unspecified atom stereocenters. The zero-order valence-corrected chi connectivity index (χ0v) is 19.3. The van der Waals surface area contributed by atoms with Crippen molar-refractivity contribution in [3.8, 4) is 17.2 Å². The van der Waals surface area contributed by atoms with Crippen LogP contribution in [0.3, 0.4) is 0 Å². The van der Waals surface area contributed by atoms with Gasteiger partial charge in [-0.25, -0.2) is 10.2 Å². The fourth-order valence-electron chi connectivity index (χ4n) is 4.50. The molecule has 1 aliphatic heterocycles. The standard InChI is InChI=1S/C23H27BN6O4/c1-28-9-7-23(34,8-10-28)13-30-15-26-19-20(22(30)33)27-29(2)21(19)17-5-3-16(4-6-17)11-24(14-25)12-18(31)32/h3-6,15,34H,7-13H2,1-2H3,(H,31,32). The van der Waals surface area contributed by atoms with E-state index in [0.29, 0.717) is 30.4 Å². The Morgan fingerprint density at radius 1 is 1.21 bits per heavy atom. The quantitative estimate of drug-likeness (QED) is 0.496. The maximum absolute atomic E-state index is 13.1. The molecular formula is C23H27BN6O4. The number of aromatic nitrogens is 4. The number of hydrogen-bond donors (Lipinski definition) is 2. The number of hydrogen-bond acceptors (Lipinski definition) is 7. The molecule has 0 spiro atoms. The van der Waals surface area contributed by atoms with Crippen LogP contribution in [0.2, 0.25) is 6.32 Å². The van der Waals surface area contributed by atoms with Crippen molar-refractivity contribution in [1.29, 1.82) is 5.26 Å². The maximum atomic E-state index is 13.1. The number of aliphatic carboxylic acids is 1. The third-order valence-corrected chi connectivity index (χ3v) is 6.51. The fourth-order valence-corrected chi connectivity index (χ4v) is 4.50. The van der Waals surface area contributed by atoms with Crippen LogP contribution in [0.15, 0.2) is 35.4 Å². The lowest BCUT2D eigenvalue weighted by atomic mass is 9.45. The molecule has 0 bridgehead atoms. The second-order valence-electron chi connectivity index (χ2n) is 9.20. The molecule has 1 aliphatic rings. The molecule has 3 aromatic rings. The van der Waals surface area contributed by atoms with Gasteiger partial charge in [-0.3, -0.25) is 18.8 Å². The molecule has 0 aliphatic carbocycles. The van der Waals surface area contributed by atoms with E-state index in [1.54, 1.807) is 11.7 Å². The Labute approximate surface area is 197 Å². The lowest BCUT2D eigenvalue weighted by Crippen LogP contribution is -2.47. The summed E-state index contributed by atoms with van der Waals surface area (Å²) in [5.41, 5.74) is 1.83. The predicted octanol–water partition coefficient (Wildman–Crippen LogP) is 0.978. The summed E-state index contributed by atoms with van der Waals surface area (Å²) in [6.07, 6.45) is 2.80. The van der Waals surface area contributed by atoms with Gasteiger partial charge >= 0.3 is 0 Å². The number of likely N-dealkylation sites (tertiary alicyclic amines) is 1. The number of piperidine rings is 1. The van der Waals surface area contributed by atoms with Crippen molar-refractivity contribution >= 4 is 23.7 Å². The van der Waals surface area contributed by atoms with Gasteiger partial charge in [-0.2, -0.15) is 5.10 Å². The topological polar surface area (TPSA) is 137 Å². The van der Waals surface area contributed by atoms with Crippen LogP contribution in [0.25, 0.3) is 22.3 Å². The molecule has 34 heavy (non-hydrogen) atoms. The van der Waals surface area contributed by atoms with Gasteiger partial charge in [0, 0.05) is 38.0 Å². The highest BCUT2D eigenvalue weighted by molar-refractivity contribution is 6.69. The summed E-state index contributed by atoms with van der Waals surface area (Å²) < 4.78 is 3.06. The van der Waals surface area contributed by atoms with Crippen LogP contribution < -0.4 is 5.56 Å². The number of carboxylic acids is 1. The van der Waals surface area contributed by atoms with Crippen molar-refractivity contribution in [3.05, 3.63) is 46.5 Å². The number of carboxylic acid groups (broad SMARTS) is 1. The molecule has 0 amide bonds. The largest absolute Gasteiger partial charge is 0.482 e. The third kappa shape index (κ3) is 4.88. The third-order valence-electron chi connectivity index (χ3n) is 6.51. The smallest absolute Gasteiger partial charge is 0.297 e. The van der Waals surface area contributed by atoms with Crippen molar-refractivity contribution in [2.45, 2.75) is 37.6 Å². The van der Waals surface area contributed by atoms with E-state index in [2.05, 4.69) is 15.0 Å². The molecule has 11 heteroatoms. The van der Waals surface area contributed by atoms with E-state index in [0.717, 1.165) is 24.2 Å². The highest BCUT2D eigenvalue weighted by atomic mass is 16.4. The number of rotatable bonds is 7.